The van der Waals surface area contributed by atoms with Crippen molar-refractivity contribution in [1.29, 1.82) is 0 Å². The number of hydroxylamine groups is 2. The molecule has 1 atom stereocenters. The maximum atomic E-state index is 12.4. The van der Waals surface area contributed by atoms with Crippen molar-refractivity contribution in [3.05, 3.63) is 59.7 Å². The molecule has 3 heteroatoms. The maximum absolute atomic E-state index is 12.4. The van der Waals surface area contributed by atoms with Crippen molar-refractivity contribution in [3.63, 3.8) is 0 Å². The van der Waals surface area contributed by atoms with E-state index >= 15 is 0 Å². The quantitative estimate of drug-likeness (QED) is 0.722. The molecule has 2 rings (SSSR count). The summed E-state index contributed by atoms with van der Waals surface area (Å²) < 4.78 is 0. The molecule has 0 unspecified atom stereocenters. The van der Waals surface area contributed by atoms with E-state index in [1.54, 1.807) is 7.05 Å². The van der Waals surface area contributed by atoms with Crippen molar-refractivity contribution >= 4 is 5.91 Å². The van der Waals surface area contributed by atoms with Crippen LogP contribution in [-0.2, 0) is 16.1 Å². The molecule has 2 aromatic carbocycles. The fourth-order valence-corrected chi connectivity index (χ4v) is 2.87. The van der Waals surface area contributed by atoms with Gasteiger partial charge in [0.15, 0.2) is 0 Å². The number of nitrogens with zero attached hydrogens (tertiary/aromatic N) is 1. The zero-order valence-corrected chi connectivity index (χ0v) is 15.2. The number of hydrogen-bond donors (Lipinski definition) is 0. The molecule has 0 spiro atoms. The van der Waals surface area contributed by atoms with E-state index < -0.39 is 0 Å². The number of carbonyl (C=O) groups is 1. The van der Waals surface area contributed by atoms with Crippen LogP contribution in [0, 0.1) is 5.92 Å². The number of rotatable bonds is 6. The van der Waals surface area contributed by atoms with Gasteiger partial charge < -0.3 is 0 Å². The van der Waals surface area contributed by atoms with Gasteiger partial charge in [-0.25, -0.2) is 5.06 Å². The summed E-state index contributed by atoms with van der Waals surface area (Å²) in [6, 6.07) is 16.7. The van der Waals surface area contributed by atoms with E-state index in [0.717, 1.165) is 12.0 Å². The smallest absolute Gasteiger partial charge is 0.253 e. The molecular weight excluding hydrogens is 298 g/mol. The van der Waals surface area contributed by atoms with E-state index in [4.69, 9.17) is 4.84 Å². The Bertz CT molecular complexity index is 679. The second-order valence-corrected chi connectivity index (χ2v) is 6.62. The van der Waals surface area contributed by atoms with E-state index in [9.17, 15) is 4.79 Å². The minimum Gasteiger partial charge on any atom is -0.275 e. The van der Waals surface area contributed by atoms with Crippen LogP contribution in [0.4, 0.5) is 0 Å². The first-order chi connectivity index (χ1) is 11.4. The summed E-state index contributed by atoms with van der Waals surface area (Å²) in [5.74, 6) is 0.288. The predicted molar refractivity (Wildman–Crippen MR) is 98.6 cm³/mol. The third-order valence-corrected chi connectivity index (χ3v) is 4.30. The van der Waals surface area contributed by atoms with E-state index in [1.165, 1.54) is 28.9 Å². The molecule has 0 bridgehead atoms. The third kappa shape index (κ3) is 4.24. The van der Waals surface area contributed by atoms with E-state index in [-0.39, 0.29) is 11.8 Å². The Morgan fingerprint density at radius 1 is 1.08 bits per heavy atom. The Kier molecular flexibility index (Phi) is 6.16. The van der Waals surface area contributed by atoms with Crippen LogP contribution in [0.25, 0.3) is 11.1 Å². The average molecular weight is 325 g/mol. The lowest BCUT2D eigenvalue weighted by molar-refractivity contribution is -0.170. The molecule has 0 N–H and O–H groups in total. The molecule has 0 saturated heterocycles. The first kappa shape index (κ1) is 18.2. The number of hydrogen-bond acceptors (Lipinski definition) is 2. The van der Waals surface area contributed by atoms with Crippen molar-refractivity contribution < 1.29 is 9.63 Å². The number of benzene rings is 2. The molecule has 0 heterocycles. The van der Waals surface area contributed by atoms with Crippen molar-refractivity contribution in [2.45, 2.75) is 33.1 Å². The molecule has 0 aliphatic carbocycles. The summed E-state index contributed by atoms with van der Waals surface area (Å²) >= 11 is 0. The second-order valence-electron chi connectivity index (χ2n) is 6.62. The van der Waals surface area contributed by atoms with Gasteiger partial charge >= 0.3 is 0 Å². The van der Waals surface area contributed by atoms with Gasteiger partial charge in [-0.15, -0.1) is 0 Å². The first-order valence-electron chi connectivity index (χ1n) is 8.44. The van der Waals surface area contributed by atoms with E-state index in [2.05, 4.69) is 56.3 Å². The highest BCUT2D eigenvalue weighted by Crippen LogP contribution is 2.30. The minimum atomic E-state index is -0.245. The van der Waals surface area contributed by atoms with E-state index in [0.29, 0.717) is 5.92 Å². The monoisotopic (exact) mass is 325 g/mol. The molecule has 2 aromatic rings. The van der Waals surface area contributed by atoms with Gasteiger partial charge in [0.05, 0.1) is 13.0 Å². The minimum absolute atomic E-state index is 0.0480. The number of carbonyl (C=O) groups excluding carboxylic acids is 1. The Labute approximate surface area is 145 Å². The van der Waals surface area contributed by atoms with Crippen LogP contribution >= 0.6 is 0 Å². The molecule has 24 heavy (non-hydrogen) atoms. The SMILES string of the molecule is CON(C)C(=O)[C@@H](C)c1ccc(CC(C)C)c(-c2ccccc2)c1. The van der Waals surface area contributed by atoms with Crippen LogP contribution in [0.2, 0.25) is 0 Å². The maximum Gasteiger partial charge on any atom is 0.253 e. The van der Waals surface area contributed by atoms with Gasteiger partial charge in [-0.05, 0) is 41.5 Å². The molecule has 128 valence electrons. The van der Waals surface area contributed by atoms with Gasteiger partial charge in [0.2, 0.25) is 0 Å². The fraction of sp³-hybridized carbons (Fsp3) is 0.381. The van der Waals surface area contributed by atoms with Crippen LogP contribution in [0.3, 0.4) is 0 Å². The molecule has 0 aliphatic rings. The van der Waals surface area contributed by atoms with Gasteiger partial charge in [-0.2, -0.15) is 0 Å². The molecule has 0 aliphatic heterocycles. The fourth-order valence-electron chi connectivity index (χ4n) is 2.87. The topological polar surface area (TPSA) is 29.5 Å². The van der Waals surface area contributed by atoms with Gasteiger partial charge in [-0.3, -0.25) is 9.63 Å². The van der Waals surface area contributed by atoms with Crippen molar-refractivity contribution in [3.8, 4) is 11.1 Å². The summed E-state index contributed by atoms with van der Waals surface area (Å²) in [5, 5.41) is 1.29. The number of amides is 1. The lowest BCUT2D eigenvalue weighted by atomic mass is 9.89. The van der Waals surface area contributed by atoms with Crippen LogP contribution in [0.15, 0.2) is 48.5 Å². The van der Waals surface area contributed by atoms with Crippen molar-refractivity contribution in [2.24, 2.45) is 5.92 Å². The molecule has 1 amide bonds. The van der Waals surface area contributed by atoms with Gasteiger partial charge in [0, 0.05) is 7.05 Å². The van der Waals surface area contributed by atoms with Gasteiger partial charge in [0.25, 0.3) is 5.91 Å². The highest BCUT2D eigenvalue weighted by Gasteiger charge is 2.20. The van der Waals surface area contributed by atoms with Gasteiger partial charge in [0.1, 0.15) is 0 Å². The van der Waals surface area contributed by atoms with Crippen LogP contribution < -0.4 is 0 Å². The van der Waals surface area contributed by atoms with Crippen molar-refractivity contribution in [2.75, 3.05) is 14.2 Å². The highest BCUT2D eigenvalue weighted by atomic mass is 16.7. The molecule has 3 nitrogen and oxygen atoms in total. The Balaban J connectivity index is 2.44. The van der Waals surface area contributed by atoms with Crippen LogP contribution in [0.5, 0.6) is 0 Å². The summed E-state index contributed by atoms with van der Waals surface area (Å²) in [4.78, 5) is 17.4. The molecule has 0 radical (unpaired) electrons. The van der Waals surface area contributed by atoms with E-state index in [1.807, 2.05) is 13.0 Å². The summed E-state index contributed by atoms with van der Waals surface area (Å²) in [6.07, 6.45) is 1.02. The Morgan fingerprint density at radius 3 is 2.33 bits per heavy atom. The molecule has 0 fully saturated rings. The normalized spacial score (nSPS) is 12.2. The van der Waals surface area contributed by atoms with Crippen molar-refractivity contribution in [1.82, 2.24) is 5.06 Å². The molecular formula is C21H27NO2. The third-order valence-electron chi connectivity index (χ3n) is 4.30. The largest absolute Gasteiger partial charge is 0.275 e. The zero-order valence-electron chi connectivity index (χ0n) is 15.2. The van der Waals surface area contributed by atoms with Crippen LogP contribution in [-0.4, -0.2) is 25.1 Å². The lowest BCUT2D eigenvalue weighted by Crippen LogP contribution is -2.29. The molecule has 0 aromatic heterocycles. The predicted octanol–water partition coefficient (Wildman–Crippen LogP) is 4.68. The first-order valence-corrected chi connectivity index (χ1v) is 8.44. The van der Waals surface area contributed by atoms with Crippen LogP contribution in [0.1, 0.15) is 37.8 Å². The summed E-state index contributed by atoms with van der Waals surface area (Å²) in [7, 11) is 3.15. The lowest BCUT2D eigenvalue weighted by Gasteiger charge is -2.21. The Hall–Kier alpha value is -2.13. The zero-order chi connectivity index (χ0) is 17.7. The van der Waals surface area contributed by atoms with Gasteiger partial charge in [-0.1, -0.05) is 62.4 Å². The summed E-state index contributed by atoms with van der Waals surface area (Å²) in [5.41, 5.74) is 4.73. The summed E-state index contributed by atoms with van der Waals surface area (Å²) in [6.45, 7) is 6.37. The number of likely N-dealkylation sites (N-methyl/N-ethyl adjacent to an activating group) is 1. The highest BCUT2D eigenvalue weighted by molar-refractivity contribution is 5.83. The second kappa shape index (κ2) is 8.11. The molecule has 0 saturated carbocycles. The Morgan fingerprint density at radius 2 is 1.75 bits per heavy atom. The standard InChI is InChI=1S/C21H27NO2/c1-15(2)13-19-12-11-18(16(3)21(23)22(4)24-5)14-20(19)17-9-7-6-8-10-17/h6-12,14-16H,13H2,1-5H3/t16-/m0/s1. The average Bonchev–Trinajstić information content (AvgIpc) is 2.60.